The second-order valence-electron chi connectivity index (χ2n) is 8.85. The highest BCUT2D eigenvalue weighted by Crippen LogP contribution is 2.32. The maximum absolute atomic E-state index is 13.5. The van der Waals surface area contributed by atoms with Gasteiger partial charge in [-0.3, -0.25) is 24.3 Å². The van der Waals surface area contributed by atoms with Crippen LogP contribution >= 0.6 is 11.8 Å². The molecule has 0 bridgehead atoms. The van der Waals surface area contributed by atoms with E-state index in [2.05, 4.69) is 20.6 Å². The number of amidine groups is 1. The molecule has 1 saturated heterocycles. The normalized spacial score (nSPS) is 16.4. The van der Waals surface area contributed by atoms with Gasteiger partial charge in [-0.2, -0.15) is 5.01 Å². The minimum absolute atomic E-state index is 0.0129. The van der Waals surface area contributed by atoms with Crippen LogP contribution in [0.15, 0.2) is 69.9 Å². The highest BCUT2D eigenvalue weighted by Gasteiger charge is 2.33. The molecule has 1 fully saturated rings. The van der Waals surface area contributed by atoms with Crippen molar-refractivity contribution >= 4 is 46.4 Å². The lowest BCUT2D eigenvalue weighted by Crippen LogP contribution is -2.60. The Bertz CT molecular complexity index is 1400. The average Bonchev–Trinajstić information content (AvgIpc) is 3.57. The molecule has 0 spiro atoms. The first-order chi connectivity index (χ1) is 19.1. The summed E-state index contributed by atoms with van der Waals surface area (Å²) in [5, 5.41) is 9.20. The molecule has 202 valence electrons. The number of anilines is 2. The lowest BCUT2D eigenvalue weighted by molar-refractivity contribution is -0.759. The summed E-state index contributed by atoms with van der Waals surface area (Å²) in [6.07, 6.45) is 6.71. The van der Waals surface area contributed by atoms with E-state index in [9.17, 15) is 9.59 Å². The highest BCUT2D eigenvalue weighted by atomic mass is 32.2. The van der Waals surface area contributed by atoms with Crippen molar-refractivity contribution in [3.63, 3.8) is 0 Å². The zero-order valence-electron chi connectivity index (χ0n) is 21.7. The van der Waals surface area contributed by atoms with E-state index in [0.717, 1.165) is 37.7 Å². The second-order valence-corrected chi connectivity index (χ2v) is 9.79. The number of nitrogens with zero attached hydrogens (tertiary/aromatic N) is 5. The number of carbonyl (C=O) groups excluding carboxylic acids is 2. The number of hydrogen-bond donors (Lipinski definition) is 1. The number of para-hydroxylation sites is 1. The molecule has 3 heterocycles. The Hall–Kier alpha value is -4.32. The van der Waals surface area contributed by atoms with Crippen LogP contribution in [0.25, 0.3) is 6.08 Å². The van der Waals surface area contributed by atoms with Crippen LogP contribution in [-0.2, 0) is 9.59 Å². The molecule has 5 rings (SSSR count). The molecular weight excluding hydrogens is 520 g/mol. The quantitative estimate of drug-likeness (QED) is 0.337. The maximum atomic E-state index is 13.5. The molecule has 0 aliphatic carbocycles. The number of thioether (sulfide) groups is 1. The lowest BCUT2D eigenvalue weighted by Gasteiger charge is -2.17. The third-order valence-electron chi connectivity index (χ3n) is 6.25. The van der Waals surface area contributed by atoms with Crippen LogP contribution < -0.4 is 29.5 Å². The number of carbonyl (C=O) groups is 2. The smallest absolute Gasteiger partial charge is 0.305 e. The fraction of sp³-hybridized carbons (Fsp3) is 0.296. The second kappa shape index (κ2) is 12.0. The van der Waals surface area contributed by atoms with Crippen LogP contribution in [-0.4, -0.2) is 55.3 Å². The van der Waals surface area contributed by atoms with Crippen molar-refractivity contribution < 1.29 is 28.4 Å². The third-order valence-corrected chi connectivity index (χ3v) is 7.19. The molecular formula is C27H29N6O5S+. The fourth-order valence-electron chi connectivity index (χ4n) is 4.29. The van der Waals surface area contributed by atoms with Gasteiger partial charge < -0.3 is 9.47 Å². The summed E-state index contributed by atoms with van der Waals surface area (Å²) < 4.78 is 16.0. The van der Waals surface area contributed by atoms with Crippen LogP contribution in [0, 0.1) is 0 Å². The Labute approximate surface area is 230 Å². The average molecular weight is 550 g/mol. The molecule has 3 aromatic rings. The predicted octanol–water partition coefficient (Wildman–Crippen LogP) is 3.22. The number of hydrogen-bond acceptors (Lipinski definition) is 9. The van der Waals surface area contributed by atoms with E-state index in [1.807, 2.05) is 30.3 Å². The van der Waals surface area contributed by atoms with Gasteiger partial charge in [0.25, 0.3) is 12.1 Å². The summed E-state index contributed by atoms with van der Waals surface area (Å²) in [5.74, 6) is 0.836. The van der Waals surface area contributed by atoms with E-state index in [1.165, 1.54) is 11.3 Å². The Kier molecular flexibility index (Phi) is 8.11. The number of ether oxygens (including phenoxy) is 2. The van der Waals surface area contributed by atoms with Gasteiger partial charge in [0.05, 0.1) is 43.5 Å². The Morgan fingerprint density at radius 3 is 2.67 bits per heavy atom. The van der Waals surface area contributed by atoms with E-state index in [-0.39, 0.29) is 29.1 Å². The summed E-state index contributed by atoms with van der Waals surface area (Å²) in [4.78, 5) is 33.9. The zero-order valence-corrected chi connectivity index (χ0v) is 22.5. The predicted molar refractivity (Wildman–Crippen MR) is 148 cm³/mol. The first-order valence-electron chi connectivity index (χ1n) is 12.5. The molecule has 2 amide bonds. The molecule has 1 N–H and O–H groups in total. The molecule has 11 nitrogen and oxygen atoms in total. The van der Waals surface area contributed by atoms with Gasteiger partial charge in [0.15, 0.2) is 5.17 Å². The van der Waals surface area contributed by atoms with Gasteiger partial charge in [0, 0.05) is 11.6 Å². The molecule has 12 heteroatoms. The Balaban J connectivity index is 1.32. The van der Waals surface area contributed by atoms with Crippen molar-refractivity contribution in [2.45, 2.75) is 19.3 Å². The first-order valence-corrected chi connectivity index (χ1v) is 13.5. The summed E-state index contributed by atoms with van der Waals surface area (Å²) in [6.45, 7) is 1.78. The molecule has 39 heavy (non-hydrogen) atoms. The number of aromatic nitrogens is 2. The number of rotatable bonds is 8. The van der Waals surface area contributed by atoms with Crippen molar-refractivity contribution in [1.29, 1.82) is 0 Å². The Morgan fingerprint density at radius 1 is 1.13 bits per heavy atom. The molecule has 0 radical (unpaired) electrons. The fourth-order valence-corrected chi connectivity index (χ4v) is 5.11. The molecule has 0 saturated carbocycles. The van der Waals surface area contributed by atoms with Gasteiger partial charge in [-0.05, 0) is 49.6 Å². The van der Waals surface area contributed by atoms with E-state index in [1.54, 1.807) is 49.5 Å². The number of aliphatic imine (C=N–C) groups is 1. The zero-order chi connectivity index (χ0) is 27.2. The number of amides is 2. The topological polar surface area (TPSA) is 113 Å². The minimum atomic E-state index is -0.306. The van der Waals surface area contributed by atoms with Gasteiger partial charge >= 0.3 is 5.88 Å². The van der Waals surface area contributed by atoms with Crippen molar-refractivity contribution in [1.82, 2.24) is 5.27 Å². The van der Waals surface area contributed by atoms with E-state index >= 15 is 0 Å². The van der Waals surface area contributed by atoms with Gasteiger partial charge in [0.2, 0.25) is 11.2 Å². The number of methoxy groups -OCH3 is 2. The molecule has 0 atom stereocenters. The van der Waals surface area contributed by atoms with Crippen LogP contribution in [0.5, 0.6) is 11.5 Å². The summed E-state index contributed by atoms with van der Waals surface area (Å²) in [5.41, 5.74) is 1.55. The maximum Gasteiger partial charge on any atom is 0.305 e. The number of nitrogens with one attached hydrogen (secondary N) is 1. The van der Waals surface area contributed by atoms with E-state index < -0.39 is 0 Å². The summed E-state index contributed by atoms with van der Waals surface area (Å²) >= 11 is 1.15. The van der Waals surface area contributed by atoms with Crippen LogP contribution in [0.1, 0.15) is 24.8 Å². The number of piperidine rings is 1. The largest absolute Gasteiger partial charge is 0.497 e. The van der Waals surface area contributed by atoms with E-state index in [0.29, 0.717) is 27.9 Å². The molecule has 0 unspecified atom stereocenters. The van der Waals surface area contributed by atoms with Crippen molar-refractivity contribution in [3.05, 3.63) is 66.0 Å². The number of benzene rings is 2. The molecule has 2 aromatic carbocycles. The molecule has 2 aliphatic heterocycles. The standard InChI is InChI=1S/C27H28N6O5S/c1-36-21-12-11-19(23(16-21)37-2)15-22-26(35)33(20-9-5-3-6-10-20)27(28-22)39-18-24(34)29-25-17-32(30-38-25)31-13-7-4-8-14-31/h3,5-6,9-12,15-17H,4,7-8,13-14,18H2,1-2H3/p+1/b22-15+. The van der Waals surface area contributed by atoms with E-state index in [4.69, 9.17) is 14.0 Å². The van der Waals surface area contributed by atoms with Crippen LogP contribution in [0.3, 0.4) is 0 Å². The summed E-state index contributed by atoms with van der Waals surface area (Å²) in [7, 11) is 3.12. The van der Waals surface area contributed by atoms with Crippen molar-refractivity contribution in [3.8, 4) is 11.5 Å². The minimum Gasteiger partial charge on any atom is -0.497 e. The van der Waals surface area contributed by atoms with Crippen LogP contribution in [0.4, 0.5) is 11.6 Å². The Morgan fingerprint density at radius 2 is 1.92 bits per heavy atom. The van der Waals surface area contributed by atoms with Crippen LogP contribution in [0.2, 0.25) is 0 Å². The molecule has 2 aliphatic rings. The van der Waals surface area contributed by atoms with Gasteiger partial charge in [-0.1, -0.05) is 30.0 Å². The van der Waals surface area contributed by atoms with Gasteiger partial charge in [-0.15, -0.1) is 0 Å². The lowest BCUT2D eigenvalue weighted by atomic mass is 10.1. The highest BCUT2D eigenvalue weighted by molar-refractivity contribution is 8.14. The third kappa shape index (κ3) is 6.06. The summed E-state index contributed by atoms with van der Waals surface area (Å²) in [6, 6.07) is 14.5. The molecule has 1 aromatic heterocycles. The van der Waals surface area contributed by atoms with Gasteiger partial charge in [0.1, 0.15) is 17.2 Å². The first kappa shape index (κ1) is 26.3. The van der Waals surface area contributed by atoms with Crippen molar-refractivity contribution in [2.75, 3.05) is 48.3 Å². The SMILES string of the molecule is COc1ccc(/C=C2/N=C(SCC(=O)Nc3c[n+](N4CCCCC4)no3)N(c3ccccc3)C2=O)c(OC)c1. The van der Waals surface area contributed by atoms with Crippen molar-refractivity contribution in [2.24, 2.45) is 4.99 Å². The van der Waals surface area contributed by atoms with Gasteiger partial charge in [-0.25, -0.2) is 4.99 Å². The monoisotopic (exact) mass is 549 g/mol.